The van der Waals surface area contributed by atoms with Gasteiger partial charge < -0.3 is 16.3 Å². The van der Waals surface area contributed by atoms with Crippen LogP contribution in [-0.2, 0) is 0 Å². The molecule has 1 amide bonds. The van der Waals surface area contributed by atoms with Crippen LogP contribution in [0, 0.1) is 11.7 Å². The van der Waals surface area contributed by atoms with E-state index in [-0.39, 0.29) is 28.3 Å². The molecule has 0 aromatic heterocycles. The van der Waals surface area contributed by atoms with E-state index in [1.54, 1.807) is 6.92 Å². The van der Waals surface area contributed by atoms with Crippen molar-refractivity contribution >= 4 is 27.7 Å². The quantitative estimate of drug-likeness (QED) is 0.342. The fourth-order valence-corrected chi connectivity index (χ4v) is 1.67. The molecule has 0 saturated heterocycles. The van der Waals surface area contributed by atoms with Crippen LogP contribution >= 0.6 is 15.9 Å². The minimum absolute atomic E-state index is 0.0219. The fourth-order valence-electron chi connectivity index (χ4n) is 1.22. The smallest absolute Gasteiger partial charge is 0.252 e. The molecule has 7 heteroatoms. The van der Waals surface area contributed by atoms with E-state index < -0.39 is 11.7 Å². The van der Waals surface area contributed by atoms with Gasteiger partial charge in [-0.2, -0.15) is 0 Å². The molecule has 1 aromatic carbocycles. The van der Waals surface area contributed by atoms with Crippen LogP contribution in [0.4, 0.5) is 4.39 Å². The van der Waals surface area contributed by atoms with Gasteiger partial charge in [-0.1, -0.05) is 18.1 Å². The van der Waals surface area contributed by atoms with Gasteiger partial charge in [-0.05, 0) is 28.1 Å². The average molecular weight is 318 g/mol. The third kappa shape index (κ3) is 3.43. The second-order valence-corrected chi connectivity index (χ2v) is 4.53. The maximum absolute atomic E-state index is 13.2. The van der Waals surface area contributed by atoms with E-state index in [0.717, 1.165) is 0 Å². The van der Waals surface area contributed by atoms with E-state index in [0.29, 0.717) is 0 Å². The van der Waals surface area contributed by atoms with Crippen LogP contribution in [0.15, 0.2) is 27.8 Å². The van der Waals surface area contributed by atoms with Crippen LogP contribution in [0.1, 0.15) is 17.3 Å². The zero-order valence-electron chi connectivity index (χ0n) is 9.65. The van der Waals surface area contributed by atoms with Gasteiger partial charge in [0.25, 0.3) is 5.91 Å². The van der Waals surface area contributed by atoms with Gasteiger partial charge in [0.05, 0.1) is 10.0 Å². The number of hydrogen-bond acceptors (Lipinski definition) is 3. The molecule has 1 atom stereocenters. The fraction of sp³-hybridized carbons (Fsp3) is 0.273. The molecule has 0 heterocycles. The molecule has 1 unspecified atom stereocenters. The number of amides is 1. The Morgan fingerprint density at radius 1 is 1.67 bits per heavy atom. The first-order chi connectivity index (χ1) is 8.47. The first kappa shape index (κ1) is 14.4. The summed E-state index contributed by atoms with van der Waals surface area (Å²) in [6, 6.07) is 4.19. The highest BCUT2D eigenvalue weighted by Crippen LogP contribution is 2.20. The van der Waals surface area contributed by atoms with Crippen LogP contribution in [-0.4, -0.2) is 23.5 Å². The second kappa shape index (κ2) is 6.34. The van der Waals surface area contributed by atoms with Crippen molar-refractivity contribution in [3.8, 4) is 0 Å². The van der Waals surface area contributed by atoms with Crippen LogP contribution < -0.4 is 11.1 Å². The topological polar surface area (TPSA) is 87.7 Å². The van der Waals surface area contributed by atoms with Gasteiger partial charge in [0.1, 0.15) is 11.7 Å². The summed E-state index contributed by atoms with van der Waals surface area (Å²) in [7, 11) is 0. The first-order valence-electron chi connectivity index (χ1n) is 5.17. The van der Waals surface area contributed by atoms with Crippen molar-refractivity contribution in [3.63, 3.8) is 0 Å². The molecule has 5 nitrogen and oxygen atoms in total. The van der Waals surface area contributed by atoms with Gasteiger partial charge in [-0.3, -0.25) is 4.79 Å². The molecule has 98 valence electrons. The normalized spacial score (nSPS) is 13.2. The zero-order chi connectivity index (χ0) is 13.7. The summed E-state index contributed by atoms with van der Waals surface area (Å²) < 4.78 is 13.3. The summed E-state index contributed by atoms with van der Waals surface area (Å²) in [5, 5.41) is 13.9. The number of nitrogens with one attached hydrogen (secondary N) is 1. The van der Waals surface area contributed by atoms with E-state index in [1.165, 1.54) is 18.2 Å². The lowest BCUT2D eigenvalue weighted by molar-refractivity contribution is 0.0949. The Bertz CT molecular complexity index is 479. The largest absolute Gasteiger partial charge is 0.409 e. The summed E-state index contributed by atoms with van der Waals surface area (Å²) >= 11 is 3.01. The Kier molecular flexibility index (Phi) is 5.08. The van der Waals surface area contributed by atoms with Crippen LogP contribution in [0.5, 0.6) is 0 Å². The van der Waals surface area contributed by atoms with Gasteiger partial charge in [-0.15, -0.1) is 0 Å². The van der Waals surface area contributed by atoms with E-state index in [4.69, 9.17) is 10.9 Å². The molecule has 0 radical (unpaired) electrons. The summed E-state index contributed by atoms with van der Waals surface area (Å²) in [4.78, 5) is 11.8. The standard InChI is InChI=1S/C11H13BrFN3O2/c1-6(10(14)16-18)5-15-11(17)7-3-2-4-8(13)9(7)12/h2-4,6,18H,5H2,1H3,(H2,14,16)(H,15,17). The number of rotatable bonds is 4. The molecule has 0 fully saturated rings. The van der Waals surface area contributed by atoms with E-state index in [2.05, 4.69) is 26.4 Å². The predicted molar refractivity (Wildman–Crippen MR) is 69.0 cm³/mol. The number of amidine groups is 1. The summed E-state index contributed by atoms with van der Waals surface area (Å²) in [6.07, 6.45) is 0. The van der Waals surface area contributed by atoms with Crippen molar-refractivity contribution in [1.82, 2.24) is 5.32 Å². The third-order valence-corrected chi connectivity index (χ3v) is 3.19. The molecule has 0 aliphatic rings. The lowest BCUT2D eigenvalue weighted by Crippen LogP contribution is -2.34. The van der Waals surface area contributed by atoms with Crippen molar-refractivity contribution in [2.24, 2.45) is 16.8 Å². The van der Waals surface area contributed by atoms with Crippen LogP contribution in [0.3, 0.4) is 0 Å². The van der Waals surface area contributed by atoms with Gasteiger partial charge in [0.2, 0.25) is 0 Å². The molecule has 1 aromatic rings. The van der Waals surface area contributed by atoms with Crippen molar-refractivity contribution in [2.75, 3.05) is 6.54 Å². The molecule has 4 N–H and O–H groups in total. The van der Waals surface area contributed by atoms with Crippen molar-refractivity contribution < 1.29 is 14.4 Å². The molecule has 0 aliphatic carbocycles. The molecule has 0 bridgehead atoms. The van der Waals surface area contributed by atoms with Gasteiger partial charge in [0.15, 0.2) is 0 Å². The highest BCUT2D eigenvalue weighted by Gasteiger charge is 2.14. The first-order valence-corrected chi connectivity index (χ1v) is 5.96. The number of nitrogens with zero attached hydrogens (tertiary/aromatic N) is 1. The van der Waals surface area contributed by atoms with Crippen molar-refractivity contribution in [3.05, 3.63) is 34.1 Å². The monoisotopic (exact) mass is 317 g/mol. The molecule has 0 saturated carbocycles. The Hall–Kier alpha value is -1.63. The Morgan fingerprint density at radius 2 is 2.33 bits per heavy atom. The summed E-state index contributed by atoms with van der Waals surface area (Å²) in [5.41, 5.74) is 5.57. The molecule has 18 heavy (non-hydrogen) atoms. The van der Waals surface area contributed by atoms with Gasteiger partial charge in [-0.25, -0.2) is 4.39 Å². The second-order valence-electron chi connectivity index (χ2n) is 3.74. The molecular formula is C11H13BrFN3O2. The number of hydrogen-bond donors (Lipinski definition) is 3. The SMILES string of the molecule is CC(CNC(=O)c1cccc(F)c1Br)/C(N)=N/O. The van der Waals surface area contributed by atoms with E-state index in [1.807, 2.05) is 0 Å². The Labute approximate surface area is 112 Å². The maximum atomic E-state index is 13.2. The van der Waals surface area contributed by atoms with Gasteiger partial charge >= 0.3 is 0 Å². The molecule has 1 rings (SSSR count). The van der Waals surface area contributed by atoms with Crippen LogP contribution in [0.2, 0.25) is 0 Å². The molecular weight excluding hydrogens is 305 g/mol. The van der Waals surface area contributed by atoms with Crippen molar-refractivity contribution in [1.29, 1.82) is 0 Å². The lowest BCUT2D eigenvalue weighted by Gasteiger charge is -2.11. The number of nitrogens with two attached hydrogens (primary N) is 1. The van der Waals surface area contributed by atoms with Crippen LogP contribution in [0.25, 0.3) is 0 Å². The lowest BCUT2D eigenvalue weighted by atomic mass is 10.1. The summed E-state index contributed by atoms with van der Waals surface area (Å²) in [5.74, 6) is -1.23. The molecule has 0 spiro atoms. The number of carbonyl (C=O) groups excluding carboxylic acids is 1. The molecule has 0 aliphatic heterocycles. The average Bonchev–Trinajstić information content (AvgIpc) is 2.37. The summed E-state index contributed by atoms with van der Waals surface area (Å²) in [6.45, 7) is 1.88. The minimum atomic E-state index is -0.507. The number of halogens is 2. The third-order valence-electron chi connectivity index (χ3n) is 2.39. The Balaban J connectivity index is 2.69. The van der Waals surface area contributed by atoms with E-state index in [9.17, 15) is 9.18 Å². The van der Waals surface area contributed by atoms with Crippen molar-refractivity contribution in [2.45, 2.75) is 6.92 Å². The zero-order valence-corrected chi connectivity index (χ0v) is 11.2. The number of benzene rings is 1. The van der Waals surface area contributed by atoms with Gasteiger partial charge in [0, 0.05) is 12.5 Å². The minimum Gasteiger partial charge on any atom is -0.409 e. The number of oxime groups is 1. The predicted octanol–water partition coefficient (Wildman–Crippen LogP) is 1.70. The Morgan fingerprint density at radius 3 is 2.94 bits per heavy atom. The van der Waals surface area contributed by atoms with E-state index >= 15 is 0 Å². The number of carbonyl (C=O) groups is 1. The maximum Gasteiger partial charge on any atom is 0.252 e. The highest BCUT2D eigenvalue weighted by molar-refractivity contribution is 9.10. The highest BCUT2D eigenvalue weighted by atomic mass is 79.9.